The molecule has 0 aliphatic carbocycles. The first-order valence-corrected chi connectivity index (χ1v) is 7.16. The van der Waals surface area contributed by atoms with Crippen LogP contribution in [0.1, 0.15) is 6.42 Å². The SMILES string of the molecule is O=CC(CC(=O)O)N(c1cccc2ccccc12)S(=O)O. The summed E-state index contributed by atoms with van der Waals surface area (Å²) < 4.78 is 22.0. The van der Waals surface area contributed by atoms with Crippen molar-refractivity contribution < 1.29 is 23.5 Å². The van der Waals surface area contributed by atoms with Crippen molar-refractivity contribution in [3.8, 4) is 0 Å². The Morgan fingerprint density at radius 2 is 1.90 bits per heavy atom. The molecule has 0 aromatic heterocycles. The van der Waals surface area contributed by atoms with Gasteiger partial charge in [0.15, 0.2) is 0 Å². The van der Waals surface area contributed by atoms with Gasteiger partial charge in [-0.25, -0.2) is 4.21 Å². The second-order valence-corrected chi connectivity index (χ2v) is 5.21. The van der Waals surface area contributed by atoms with Crippen molar-refractivity contribution in [1.29, 1.82) is 0 Å². The molecule has 0 heterocycles. The van der Waals surface area contributed by atoms with Crippen LogP contribution in [0.4, 0.5) is 5.69 Å². The molecule has 6 nitrogen and oxygen atoms in total. The molecule has 21 heavy (non-hydrogen) atoms. The summed E-state index contributed by atoms with van der Waals surface area (Å²) in [5.74, 6) is -1.22. The standard InChI is InChI=1S/C14H13NO5S/c16-9-11(8-14(17)18)15(21(19)20)13-7-3-5-10-4-1-2-6-12(10)13/h1-7,9,11H,8H2,(H,17,18)(H,19,20). The number of carboxylic acid groups (broad SMARTS) is 1. The Morgan fingerprint density at radius 1 is 1.24 bits per heavy atom. The minimum atomic E-state index is -2.52. The van der Waals surface area contributed by atoms with Gasteiger partial charge in [-0.05, 0) is 11.5 Å². The minimum Gasteiger partial charge on any atom is -0.481 e. The average Bonchev–Trinajstić information content (AvgIpc) is 2.46. The van der Waals surface area contributed by atoms with Crippen molar-refractivity contribution in [2.45, 2.75) is 12.5 Å². The number of aliphatic carboxylic acids is 1. The van der Waals surface area contributed by atoms with Gasteiger partial charge in [0.2, 0.25) is 0 Å². The topological polar surface area (TPSA) is 94.9 Å². The van der Waals surface area contributed by atoms with E-state index in [0.29, 0.717) is 17.4 Å². The van der Waals surface area contributed by atoms with Crippen LogP contribution in [-0.4, -0.2) is 32.2 Å². The first-order chi connectivity index (χ1) is 10.0. The van der Waals surface area contributed by atoms with E-state index >= 15 is 0 Å². The van der Waals surface area contributed by atoms with E-state index in [4.69, 9.17) is 5.11 Å². The molecule has 7 heteroatoms. The molecule has 2 N–H and O–H groups in total. The monoisotopic (exact) mass is 307 g/mol. The number of carbonyl (C=O) groups is 2. The van der Waals surface area contributed by atoms with Crippen LogP contribution >= 0.6 is 0 Å². The van der Waals surface area contributed by atoms with Gasteiger partial charge in [0.05, 0.1) is 12.1 Å². The maximum atomic E-state index is 11.6. The third-order valence-electron chi connectivity index (χ3n) is 3.01. The van der Waals surface area contributed by atoms with E-state index in [1.54, 1.807) is 24.3 Å². The predicted molar refractivity (Wildman–Crippen MR) is 79.3 cm³/mol. The number of hydrogen-bond acceptors (Lipinski definition) is 3. The zero-order chi connectivity index (χ0) is 15.4. The van der Waals surface area contributed by atoms with E-state index in [1.165, 1.54) is 0 Å². The number of fused-ring (bicyclic) bond motifs is 1. The lowest BCUT2D eigenvalue weighted by atomic mass is 10.1. The molecule has 2 atom stereocenters. The van der Waals surface area contributed by atoms with E-state index in [1.807, 2.05) is 18.2 Å². The lowest BCUT2D eigenvalue weighted by molar-refractivity contribution is -0.138. The van der Waals surface area contributed by atoms with Crippen LogP contribution < -0.4 is 4.31 Å². The highest BCUT2D eigenvalue weighted by Crippen LogP contribution is 2.29. The second-order valence-electron chi connectivity index (χ2n) is 4.36. The first kappa shape index (κ1) is 15.1. The highest BCUT2D eigenvalue weighted by atomic mass is 32.2. The van der Waals surface area contributed by atoms with Crippen LogP contribution in [0.5, 0.6) is 0 Å². The molecule has 0 bridgehead atoms. The number of carbonyl (C=O) groups excluding carboxylic acids is 1. The van der Waals surface area contributed by atoms with Crippen LogP contribution in [0.25, 0.3) is 10.8 Å². The number of rotatable bonds is 6. The van der Waals surface area contributed by atoms with Crippen LogP contribution in [0.2, 0.25) is 0 Å². The Hall–Kier alpha value is -2.25. The highest BCUT2D eigenvalue weighted by Gasteiger charge is 2.26. The molecule has 2 unspecified atom stereocenters. The van der Waals surface area contributed by atoms with Gasteiger partial charge in [0, 0.05) is 5.39 Å². The van der Waals surface area contributed by atoms with E-state index < -0.39 is 29.7 Å². The lowest BCUT2D eigenvalue weighted by Gasteiger charge is -2.26. The Kier molecular flexibility index (Phi) is 4.66. The Morgan fingerprint density at radius 3 is 2.52 bits per heavy atom. The van der Waals surface area contributed by atoms with Gasteiger partial charge in [-0.2, -0.15) is 0 Å². The van der Waals surface area contributed by atoms with Crippen molar-refractivity contribution >= 4 is 40.0 Å². The molecule has 110 valence electrons. The van der Waals surface area contributed by atoms with Crippen molar-refractivity contribution in [3.05, 3.63) is 42.5 Å². The van der Waals surface area contributed by atoms with E-state index in [0.717, 1.165) is 9.69 Å². The van der Waals surface area contributed by atoms with Crippen LogP contribution in [-0.2, 0) is 20.9 Å². The molecule has 0 saturated carbocycles. The van der Waals surface area contributed by atoms with Gasteiger partial charge in [-0.3, -0.25) is 13.7 Å². The number of carboxylic acids is 1. The van der Waals surface area contributed by atoms with Crippen molar-refractivity contribution in [3.63, 3.8) is 0 Å². The van der Waals surface area contributed by atoms with Gasteiger partial charge >= 0.3 is 5.97 Å². The third-order valence-corrected chi connectivity index (χ3v) is 3.82. The number of anilines is 1. The highest BCUT2D eigenvalue weighted by molar-refractivity contribution is 7.80. The summed E-state index contributed by atoms with van der Waals surface area (Å²) in [5, 5.41) is 10.3. The fraction of sp³-hybridized carbons (Fsp3) is 0.143. The lowest BCUT2D eigenvalue weighted by Crippen LogP contribution is -2.39. The molecule has 0 aliphatic heterocycles. The summed E-state index contributed by atoms with van der Waals surface area (Å²) in [6.45, 7) is 0. The van der Waals surface area contributed by atoms with Crippen molar-refractivity contribution in [1.82, 2.24) is 0 Å². The maximum absolute atomic E-state index is 11.6. The molecule has 0 radical (unpaired) electrons. The molecule has 0 aliphatic rings. The summed E-state index contributed by atoms with van der Waals surface area (Å²) in [6.07, 6.45) is -0.191. The Bertz CT molecular complexity index is 697. The summed E-state index contributed by atoms with van der Waals surface area (Å²) in [4.78, 5) is 22.0. The fourth-order valence-corrected chi connectivity index (χ4v) is 2.83. The molecule has 0 fully saturated rings. The van der Waals surface area contributed by atoms with Gasteiger partial charge in [-0.15, -0.1) is 0 Å². The number of aldehydes is 1. The zero-order valence-electron chi connectivity index (χ0n) is 10.9. The van der Waals surface area contributed by atoms with E-state index in [2.05, 4.69) is 0 Å². The van der Waals surface area contributed by atoms with Crippen LogP contribution in [0, 0.1) is 0 Å². The van der Waals surface area contributed by atoms with Gasteiger partial charge in [-0.1, -0.05) is 36.4 Å². The van der Waals surface area contributed by atoms with Crippen molar-refractivity contribution in [2.75, 3.05) is 4.31 Å². The largest absolute Gasteiger partial charge is 0.481 e. The molecule has 2 aromatic carbocycles. The Labute approximate surface area is 123 Å². The first-order valence-electron chi connectivity index (χ1n) is 6.09. The normalized spacial score (nSPS) is 13.6. The quantitative estimate of drug-likeness (QED) is 0.627. The Balaban J connectivity index is 2.57. The van der Waals surface area contributed by atoms with Gasteiger partial charge in [0.1, 0.15) is 12.3 Å². The number of nitrogens with zero attached hydrogens (tertiary/aromatic N) is 1. The van der Waals surface area contributed by atoms with Gasteiger partial charge < -0.3 is 9.90 Å². The average molecular weight is 307 g/mol. The molecular weight excluding hydrogens is 294 g/mol. The maximum Gasteiger partial charge on any atom is 0.305 e. The predicted octanol–water partition coefficient (Wildman–Crippen LogP) is 1.83. The van der Waals surface area contributed by atoms with Gasteiger partial charge in [0.25, 0.3) is 11.3 Å². The zero-order valence-corrected chi connectivity index (χ0v) is 11.7. The third kappa shape index (κ3) is 3.26. The minimum absolute atomic E-state index is 0.340. The fourth-order valence-electron chi connectivity index (χ4n) is 2.14. The summed E-state index contributed by atoms with van der Waals surface area (Å²) in [6, 6.07) is 11.0. The van der Waals surface area contributed by atoms with E-state index in [-0.39, 0.29) is 0 Å². The summed E-state index contributed by atoms with van der Waals surface area (Å²) in [7, 11) is 0. The molecule has 2 rings (SSSR count). The molecule has 0 amide bonds. The number of benzene rings is 2. The second kappa shape index (κ2) is 6.47. The van der Waals surface area contributed by atoms with E-state index in [9.17, 15) is 18.4 Å². The van der Waals surface area contributed by atoms with Crippen molar-refractivity contribution in [2.24, 2.45) is 0 Å². The number of hydrogen-bond donors (Lipinski definition) is 2. The summed E-state index contributed by atoms with van der Waals surface area (Å²) in [5.41, 5.74) is 0.340. The molecule has 2 aromatic rings. The summed E-state index contributed by atoms with van der Waals surface area (Å²) >= 11 is -2.52. The van der Waals surface area contributed by atoms with Crippen LogP contribution in [0.15, 0.2) is 42.5 Å². The smallest absolute Gasteiger partial charge is 0.305 e. The molecule has 0 spiro atoms. The molecular formula is C14H13NO5S. The molecule has 0 saturated heterocycles. The van der Waals surface area contributed by atoms with Crippen LogP contribution in [0.3, 0.4) is 0 Å².